The Kier molecular flexibility index (Phi) is 4.66. The van der Waals surface area contributed by atoms with Crippen molar-refractivity contribution in [1.82, 2.24) is 10.2 Å². The molecular formula is C14H18N4O2. The highest BCUT2D eigenvalue weighted by molar-refractivity contribution is 5.43. The average molecular weight is 274 g/mol. The summed E-state index contributed by atoms with van der Waals surface area (Å²) in [5, 5.41) is 23.4. The highest BCUT2D eigenvalue weighted by Crippen LogP contribution is 2.29. The second kappa shape index (κ2) is 6.46. The maximum atomic E-state index is 11.0. The number of hydrogen-bond acceptors (Lipinski definition) is 5. The molecule has 106 valence electrons. The largest absolute Gasteiger partial charge is 0.314 e. The zero-order chi connectivity index (χ0) is 14.5. The molecule has 1 aromatic rings. The quantitative estimate of drug-likeness (QED) is 0.668. The van der Waals surface area contributed by atoms with Crippen LogP contribution in [-0.2, 0) is 0 Å². The number of aryl methyl sites for hydroxylation is 1. The molecule has 6 heteroatoms. The molecule has 1 fully saturated rings. The first-order valence-electron chi connectivity index (χ1n) is 6.70. The Labute approximate surface area is 118 Å². The zero-order valence-corrected chi connectivity index (χ0v) is 11.5. The fourth-order valence-electron chi connectivity index (χ4n) is 2.57. The predicted octanol–water partition coefficient (Wildman–Crippen LogP) is 1.76. The maximum absolute atomic E-state index is 11.0. The van der Waals surface area contributed by atoms with Gasteiger partial charge in [0.2, 0.25) is 0 Å². The molecule has 0 radical (unpaired) electrons. The lowest BCUT2D eigenvalue weighted by molar-refractivity contribution is -0.385. The van der Waals surface area contributed by atoms with E-state index in [2.05, 4.69) is 16.3 Å². The molecule has 0 saturated carbocycles. The van der Waals surface area contributed by atoms with E-state index in [0.717, 1.165) is 31.7 Å². The third-order valence-corrected chi connectivity index (χ3v) is 3.69. The van der Waals surface area contributed by atoms with Crippen molar-refractivity contribution in [1.29, 1.82) is 5.26 Å². The third kappa shape index (κ3) is 3.13. The first-order valence-corrected chi connectivity index (χ1v) is 6.70. The summed E-state index contributed by atoms with van der Waals surface area (Å²) in [5.41, 5.74) is 1.63. The molecule has 1 heterocycles. The fraction of sp³-hybridized carbons (Fsp3) is 0.500. The second-order valence-electron chi connectivity index (χ2n) is 4.97. The number of nitro groups is 1. The van der Waals surface area contributed by atoms with E-state index in [4.69, 9.17) is 5.26 Å². The van der Waals surface area contributed by atoms with Gasteiger partial charge in [-0.15, -0.1) is 0 Å². The van der Waals surface area contributed by atoms with Gasteiger partial charge in [0.25, 0.3) is 5.69 Å². The minimum atomic E-state index is -0.361. The summed E-state index contributed by atoms with van der Waals surface area (Å²) in [4.78, 5) is 12.9. The van der Waals surface area contributed by atoms with E-state index < -0.39 is 0 Å². The van der Waals surface area contributed by atoms with Crippen LogP contribution in [0.2, 0.25) is 0 Å². The summed E-state index contributed by atoms with van der Waals surface area (Å²) in [6.45, 7) is 5.21. The Morgan fingerprint density at radius 3 is 2.80 bits per heavy atom. The number of nitriles is 1. The summed E-state index contributed by atoms with van der Waals surface area (Å²) < 4.78 is 0. The molecule has 1 aliphatic rings. The van der Waals surface area contributed by atoms with Crippen LogP contribution in [0.4, 0.5) is 5.69 Å². The Hall–Kier alpha value is -1.97. The van der Waals surface area contributed by atoms with Crippen molar-refractivity contribution in [3.05, 3.63) is 39.4 Å². The van der Waals surface area contributed by atoms with Crippen LogP contribution in [0.1, 0.15) is 23.6 Å². The number of nitrogens with one attached hydrogen (secondary N) is 1. The Morgan fingerprint density at radius 1 is 1.50 bits per heavy atom. The van der Waals surface area contributed by atoms with Crippen LogP contribution in [0, 0.1) is 28.4 Å². The van der Waals surface area contributed by atoms with Crippen LogP contribution in [0.25, 0.3) is 0 Å². The average Bonchev–Trinajstić information content (AvgIpc) is 2.46. The van der Waals surface area contributed by atoms with Gasteiger partial charge in [-0.1, -0.05) is 12.1 Å². The molecule has 0 spiro atoms. The van der Waals surface area contributed by atoms with Crippen molar-refractivity contribution in [2.75, 3.05) is 26.2 Å². The Bertz CT molecular complexity index is 532. The van der Waals surface area contributed by atoms with E-state index in [9.17, 15) is 10.1 Å². The van der Waals surface area contributed by atoms with Crippen LogP contribution in [0.3, 0.4) is 0 Å². The van der Waals surface area contributed by atoms with Crippen LogP contribution in [-0.4, -0.2) is 36.0 Å². The van der Waals surface area contributed by atoms with E-state index in [-0.39, 0.29) is 16.7 Å². The topological polar surface area (TPSA) is 82.2 Å². The van der Waals surface area contributed by atoms with Gasteiger partial charge in [0.05, 0.1) is 17.4 Å². The number of benzene rings is 1. The minimum absolute atomic E-state index is 0.0681. The van der Waals surface area contributed by atoms with Gasteiger partial charge in [-0.25, -0.2) is 0 Å². The van der Waals surface area contributed by atoms with E-state index in [1.165, 1.54) is 0 Å². The molecule has 6 nitrogen and oxygen atoms in total. The Balaban J connectivity index is 2.31. The van der Waals surface area contributed by atoms with E-state index >= 15 is 0 Å². The van der Waals surface area contributed by atoms with Crippen LogP contribution in [0.5, 0.6) is 0 Å². The van der Waals surface area contributed by atoms with Crippen molar-refractivity contribution >= 4 is 5.69 Å². The Morgan fingerprint density at radius 2 is 2.20 bits per heavy atom. The summed E-state index contributed by atoms with van der Waals surface area (Å²) in [6.07, 6.45) is 0.347. The number of rotatable bonds is 4. The van der Waals surface area contributed by atoms with Gasteiger partial charge in [0.1, 0.15) is 0 Å². The molecule has 1 aliphatic heterocycles. The van der Waals surface area contributed by atoms with E-state index in [0.29, 0.717) is 12.0 Å². The van der Waals surface area contributed by atoms with Crippen molar-refractivity contribution in [3.63, 3.8) is 0 Å². The molecule has 2 rings (SSSR count). The SMILES string of the molecule is Cc1ccc([C@H](CC#N)N2CCNCC2)cc1[N+](=O)[O-]. The molecule has 0 aromatic heterocycles. The van der Waals surface area contributed by atoms with Crippen LogP contribution < -0.4 is 5.32 Å². The summed E-state index contributed by atoms with van der Waals surface area (Å²) in [5.74, 6) is 0. The number of hydrogen-bond donors (Lipinski definition) is 1. The van der Waals surface area contributed by atoms with Crippen molar-refractivity contribution in [2.24, 2.45) is 0 Å². The molecule has 1 aromatic carbocycles. The van der Waals surface area contributed by atoms with E-state index in [1.54, 1.807) is 19.1 Å². The van der Waals surface area contributed by atoms with E-state index in [1.807, 2.05) is 6.07 Å². The number of nitro benzene ring substituents is 1. The highest BCUT2D eigenvalue weighted by Gasteiger charge is 2.24. The number of nitrogens with zero attached hydrogens (tertiary/aromatic N) is 3. The van der Waals surface area contributed by atoms with Crippen molar-refractivity contribution in [3.8, 4) is 6.07 Å². The molecule has 0 bridgehead atoms. The summed E-state index contributed by atoms with van der Waals surface area (Å²) in [7, 11) is 0. The monoisotopic (exact) mass is 274 g/mol. The van der Waals surface area contributed by atoms with Gasteiger partial charge in [0.15, 0.2) is 0 Å². The molecule has 0 amide bonds. The van der Waals surface area contributed by atoms with Gasteiger partial charge in [0, 0.05) is 43.9 Å². The normalized spacial score (nSPS) is 17.4. The number of piperazine rings is 1. The molecular weight excluding hydrogens is 256 g/mol. The standard InChI is InChI=1S/C14H18N4O2/c1-11-2-3-12(10-14(11)18(19)20)13(4-5-15)17-8-6-16-7-9-17/h2-3,10,13,16H,4,6-9H2,1H3/t13-/m0/s1. The summed E-state index contributed by atoms with van der Waals surface area (Å²) >= 11 is 0. The zero-order valence-electron chi connectivity index (χ0n) is 11.5. The van der Waals surface area contributed by atoms with Gasteiger partial charge in [-0.2, -0.15) is 5.26 Å². The summed E-state index contributed by atoms with van der Waals surface area (Å²) in [6, 6.07) is 7.40. The first-order chi connectivity index (χ1) is 9.63. The molecule has 0 unspecified atom stereocenters. The third-order valence-electron chi connectivity index (χ3n) is 3.69. The first kappa shape index (κ1) is 14.4. The molecule has 0 aliphatic carbocycles. The lowest BCUT2D eigenvalue weighted by Gasteiger charge is -2.34. The maximum Gasteiger partial charge on any atom is 0.272 e. The van der Waals surface area contributed by atoms with Crippen LogP contribution in [0.15, 0.2) is 18.2 Å². The predicted molar refractivity (Wildman–Crippen MR) is 75.2 cm³/mol. The van der Waals surface area contributed by atoms with Gasteiger partial charge < -0.3 is 5.32 Å². The fourth-order valence-corrected chi connectivity index (χ4v) is 2.57. The van der Waals surface area contributed by atoms with Gasteiger partial charge in [-0.3, -0.25) is 15.0 Å². The van der Waals surface area contributed by atoms with Crippen molar-refractivity contribution < 1.29 is 4.92 Å². The second-order valence-corrected chi connectivity index (χ2v) is 4.97. The van der Waals surface area contributed by atoms with Gasteiger partial charge in [-0.05, 0) is 12.5 Å². The smallest absolute Gasteiger partial charge is 0.272 e. The highest BCUT2D eigenvalue weighted by atomic mass is 16.6. The lowest BCUT2D eigenvalue weighted by Crippen LogP contribution is -2.45. The molecule has 1 saturated heterocycles. The molecule has 20 heavy (non-hydrogen) atoms. The minimum Gasteiger partial charge on any atom is -0.314 e. The van der Waals surface area contributed by atoms with Gasteiger partial charge >= 0.3 is 0 Å². The molecule has 1 atom stereocenters. The van der Waals surface area contributed by atoms with Crippen LogP contribution >= 0.6 is 0 Å². The lowest BCUT2D eigenvalue weighted by atomic mass is 9.99. The molecule has 1 N–H and O–H groups in total. The van der Waals surface area contributed by atoms with Crippen molar-refractivity contribution in [2.45, 2.75) is 19.4 Å².